The van der Waals surface area contributed by atoms with Crippen molar-refractivity contribution in [1.82, 2.24) is 5.16 Å². The van der Waals surface area contributed by atoms with E-state index in [0.29, 0.717) is 47.8 Å². The van der Waals surface area contributed by atoms with Crippen LogP contribution >= 0.6 is 0 Å². The highest BCUT2D eigenvalue weighted by atomic mass is 16.5. The van der Waals surface area contributed by atoms with Gasteiger partial charge in [0.1, 0.15) is 29.0 Å². The SMILES string of the molecule is Cc1ccc(C(COC(C)C)CC(=O)Cc2ccc3oc(C(O)c4c(C)noc4C)cc3c2)c(C)c1. The van der Waals surface area contributed by atoms with Gasteiger partial charge in [-0.3, -0.25) is 4.79 Å². The van der Waals surface area contributed by atoms with Gasteiger partial charge in [-0.15, -0.1) is 0 Å². The number of fused-ring (bicyclic) bond motifs is 1. The molecule has 0 spiro atoms. The molecule has 0 saturated carbocycles. The van der Waals surface area contributed by atoms with Crippen molar-refractivity contribution in [2.75, 3.05) is 6.61 Å². The topological polar surface area (TPSA) is 85.7 Å². The summed E-state index contributed by atoms with van der Waals surface area (Å²) in [7, 11) is 0. The van der Waals surface area contributed by atoms with E-state index in [0.717, 1.165) is 16.5 Å². The number of nitrogens with zero attached hydrogens (tertiary/aromatic N) is 1. The van der Waals surface area contributed by atoms with Gasteiger partial charge in [-0.25, -0.2) is 0 Å². The summed E-state index contributed by atoms with van der Waals surface area (Å²) in [4.78, 5) is 13.2. The Kier molecular flexibility index (Phi) is 7.76. The second-order valence-electron chi connectivity index (χ2n) is 10.0. The van der Waals surface area contributed by atoms with E-state index in [1.54, 1.807) is 13.8 Å². The summed E-state index contributed by atoms with van der Waals surface area (Å²) >= 11 is 0. The van der Waals surface area contributed by atoms with Gasteiger partial charge >= 0.3 is 0 Å². The molecule has 0 aliphatic rings. The largest absolute Gasteiger partial charge is 0.458 e. The Morgan fingerprint density at radius 3 is 2.50 bits per heavy atom. The van der Waals surface area contributed by atoms with E-state index in [-0.39, 0.29) is 17.8 Å². The zero-order valence-electron chi connectivity index (χ0n) is 21.9. The second-order valence-corrected chi connectivity index (χ2v) is 10.0. The van der Waals surface area contributed by atoms with Crippen molar-refractivity contribution < 1.29 is 23.6 Å². The predicted molar refractivity (Wildman–Crippen MR) is 139 cm³/mol. The summed E-state index contributed by atoms with van der Waals surface area (Å²) in [5.74, 6) is 1.15. The van der Waals surface area contributed by atoms with Crippen LogP contribution in [0.3, 0.4) is 0 Å². The maximum atomic E-state index is 13.2. The summed E-state index contributed by atoms with van der Waals surface area (Å²) in [6.07, 6.45) is -0.123. The smallest absolute Gasteiger partial charge is 0.142 e. The molecule has 2 aromatic carbocycles. The van der Waals surface area contributed by atoms with Crippen LogP contribution in [0, 0.1) is 27.7 Å². The lowest BCUT2D eigenvalue weighted by molar-refractivity contribution is -0.119. The molecule has 2 unspecified atom stereocenters. The van der Waals surface area contributed by atoms with E-state index in [4.69, 9.17) is 13.7 Å². The van der Waals surface area contributed by atoms with Gasteiger partial charge in [0.15, 0.2) is 0 Å². The van der Waals surface area contributed by atoms with Crippen molar-refractivity contribution in [2.24, 2.45) is 0 Å². The van der Waals surface area contributed by atoms with Crippen molar-refractivity contribution in [3.63, 3.8) is 0 Å². The van der Waals surface area contributed by atoms with E-state index in [1.165, 1.54) is 11.1 Å². The molecule has 0 radical (unpaired) electrons. The molecule has 36 heavy (non-hydrogen) atoms. The van der Waals surface area contributed by atoms with Crippen LogP contribution in [0.15, 0.2) is 51.4 Å². The normalized spacial score (nSPS) is 13.4. The summed E-state index contributed by atoms with van der Waals surface area (Å²) in [6.45, 7) is 12.3. The van der Waals surface area contributed by atoms with Gasteiger partial charge in [0.05, 0.1) is 24.0 Å². The fraction of sp³-hybridized carbons (Fsp3) is 0.400. The molecule has 190 valence electrons. The monoisotopic (exact) mass is 489 g/mol. The van der Waals surface area contributed by atoms with Crippen LogP contribution in [0.1, 0.15) is 77.3 Å². The number of furan rings is 1. The number of rotatable bonds is 10. The number of hydrogen-bond acceptors (Lipinski definition) is 6. The number of aromatic nitrogens is 1. The van der Waals surface area contributed by atoms with Crippen LogP contribution in [0.2, 0.25) is 0 Å². The van der Waals surface area contributed by atoms with Gasteiger partial charge in [-0.1, -0.05) is 35.0 Å². The zero-order valence-corrected chi connectivity index (χ0v) is 21.9. The highest BCUT2D eigenvalue weighted by Gasteiger charge is 2.24. The Morgan fingerprint density at radius 2 is 1.83 bits per heavy atom. The summed E-state index contributed by atoms with van der Waals surface area (Å²) < 4.78 is 17.0. The summed E-state index contributed by atoms with van der Waals surface area (Å²) in [5.41, 5.74) is 6.37. The number of aryl methyl sites for hydroxylation is 4. The number of aliphatic hydroxyl groups excluding tert-OH is 1. The molecule has 0 saturated heterocycles. The molecule has 2 heterocycles. The molecule has 0 amide bonds. The van der Waals surface area contributed by atoms with Crippen molar-refractivity contribution >= 4 is 16.8 Å². The molecule has 4 aromatic rings. The lowest BCUT2D eigenvalue weighted by atomic mass is 9.89. The molecule has 1 N–H and O–H groups in total. The van der Waals surface area contributed by atoms with Crippen LogP contribution < -0.4 is 0 Å². The lowest BCUT2D eigenvalue weighted by Crippen LogP contribution is -2.18. The second kappa shape index (κ2) is 10.8. The van der Waals surface area contributed by atoms with Gasteiger partial charge in [0.2, 0.25) is 0 Å². The average molecular weight is 490 g/mol. The third-order valence-electron chi connectivity index (χ3n) is 6.60. The van der Waals surface area contributed by atoms with Crippen LogP contribution in [0.4, 0.5) is 0 Å². The van der Waals surface area contributed by atoms with Gasteiger partial charge in [-0.05, 0) is 76.4 Å². The van der Waals surface area contributed by atoms with Crippen LogP contribution in [0.5, 0.6) is 0 Å². The van der Waals surface area contributed by atoms with E-state index in [9.17, 15) is 9.90 Å². The number of carbonyl (C=O) groups is 1. The first-order valence-electron chi connectivity index (χ1n) is 12.5. The van der Waals surface area contributed by atoms with Crippen molar-refractivity contribution in [3.8, 4) is 0 Å². The molecule has 0 aliphatic carbocycles. The van der Waals surface area contributed by atoms with Gasteiger partial charge < -0.3 is 18.8 Å². The van der Waals surface area contributed by atoms with Gasteiger partial charge in [-0.2, -0.15) is 0 Å². The Balaban J connectivity index is 1.51. The number of hydrogen-bond donors (Lipinski definition) is 1. The Labute approximate surface area is 212 Å². The Bertz CT molecular complexity index is 1340. The third-order valence-corrected chi connectivity index (χ3v) is 6.60. The summed E-state index contributed by atoms with van der Waals surface area (Å²) in [5, 5.41) is 15.6. The number of benzene rings is 2. The minimum atomic E-state index is -0.965. The van der Waals surface area contributed by atoms with Crippen molar-refractivity contribution in [1.29, 1.82) is 0 Å². The van der Waals surface area contributed by atoms with E-state index >= 15 is 0 Å². The maximum Gasteiger partial charge on any atom is 0.142 e. The molecular formula is C30H35NO5. The molecule has 2 aromatic heterocycles. The zero-order chi connectivity index (χ0) is 26.0. The van der Waals surface area contributed by atoms with Crippen LogP contribution in [-0.2, 0) is 16.0 Å². The minimum absolute atomic E-state index is 0.00922. The number of aliphatic hydroxyl groups is 1. The number of ether oxygens (including phenoxy) is 1. The fourth-order valence-corrected chi connectivity index (χ4v) is 4.81. The first kappa shape index (κ1) is 25.9. The highest BCUT2D eigenvalue weighted by molar-refractivity contribution is 5.84. The minimum Gasteiger partial charge on any atom is -0.458 e. The van der Waals surface area contributed by atoms with Crippen LogP contribution in [-0.4, -0.2) is 28.8 Å². The fourth-order valence-electron chi connectivity index (χ4n) is 4.81. The number of ketones is 1. The molecule has 0 bridgehead atoms. The molecule has 6 heteroatoms. The Morgan fingerprint density at radius 1 is 1.06 bits per heavy atom. The lowest BCUT2D eigenvalue weighted by Gasteiger charge is -2.21. The first-order chi connectivity index (χ1) is 17.1. The quantitative estimate of drug-likeness (QED) is 0.276. The van der Waals surface area contributed by atoms with Crippen molar-refractivity contribution in [2.45, 2.75) is 72.5 Å². The molecule has 0 aliphatic heterocycles. The summed E-state index contributed by atoms with van der Waals surface area (Å²) in [6, 6.07) is 13.9. The van der Waals surface area contributed by atoms with E-state index in [2.05, 4.69) is 37.2 Å². The van der Waals surface area contributed by atoms with E-state index in [1.807, 2.05) is 38.1 Å². The molecule has 4 rings (SSSR count). The van der Waals surface area contributed by atoms with Crippen LogP contribution in [0.25, 0.3) is 11.0 Å². The standard InChI is InChI=1S/C30H35NO5/c1-17(2)34-16-24(26-9-7-18(3)11-19(26)4)14-25(32)13-22-8-10-27-23(12-22)15-28(35-27)30(33)29-20(5)31-36-21(29)6/h7-12,15,17,24,30,33H,13-14,16H2,1-6H3. The third kappa shape index (κ3) is 5.77. The van der Waals surface area contributed by atoms with Gasteiger partial charge in [0, 0.05) is 24.1 Å². The predicted octanol–water partition coefficient (Wildman–Crippen LogP) is 6.45. The Hall–Kier alpha value is -3.22. The number of carbonyl (C=O) groups excluding carboxylic acids is 1. The number of Topliss-reactive ketones (excluding diaryl/α,β-unsaturated/α-hetero) is 1. The van der Waals surface area contributed by atoms with Gasteiger partial charge in [0.25, 0.3) is 0 Å². The molecule has 0 fully saturated rings. The molecule has 2 atom stereocenters. The molecule has 6 nitrogen and oxygen atoms in total. The highest BCUT2D eigenvalue weighted by Crippen LogP contribution is 2.32. The maximum absolute atomic E-state index is 13.2. The average Bonchev–Trinajstić information content (AvgIpc) is 3.38. The molecular weight excluding hydrogens is 454 g/mol. The first-order valence-corrected chi connectivity index (χ1v) is 12.5. The van der Waals surface area contributed by atoms with E-state index < -0.39 is 6.10 Å². The van der Waals surface area contributed by atoms with Crippen molar-refractivity contribution in [3.05, 3.63) is 87.5 Å².